The van der Waals surface area contributed by atoms with E-state index in [1.54, 1.807) is 0 Å². The molecular formula is C5H12N2. The molecule has 0 atom stereocenters. The van der Waals surface area contributed by atoms with Crippen LogP contribution in [0.1, 0.15) is 13.3 Å². The lowest BCUT2D eigenvalue weighted by molar-refractivity contribution is 0.923. The molecule has 7 heavy (non-hydrogen) atoms. The van der Waals surface area contributed by atoms with Crippen LogP contribution in [0.3, 0.4) is 0 Å². The summed E-state index contributed by atoms with van der Waals surface area (Å²) in [7, 11) is 1.85. The van der Waals surface area contributed by atoms with Gasteiger partial charge in [0.15, 0.2) is 0 Å². The SMILES string of the molecule is CCC(=N)CNC. The third-order valence-electron chi connectivity index (χ3n) is 0.817. The standard InChI is InChI=1S/C5H12N2/c1-3-5(6)4-7-2/h6-7H,3-4H2,1-2H3. The molecule has 0 fully saturated rings. The smallest absolute Gasteiger partial charge is 0.0329 e. The van der Waals surface area contributed by atoms with E-state index in [1.807, 2.05) is 14.0 Å². The molecule has 2 heteroatoms. The molecule has 0 aromatic heterocycles. The van der Waals surface area contributed by atoms with E-state index >= 15 is 0 Å². The van der Waals surface area contributed by atoms with Gasteiger partial charge in [0.1, 0.15) is 0 Å². The third-order valence-corrected chi connectivity index (χ3v) is 0.817. The quantitative estimate of drug-likeness (QED) is 0.501. The molecule has 0 unspecified atom stereocenters. The van der Waals surface area contributed by atoms with Gasteiger partial charge >= 0.3 is 0 Å². The highest BCUT2D eigenvalue weighted by Crippen LogP contribution is 1.75. The minimum atomic E-state index is 0.733. The summed E-state index contributed by atoms with van der Waals surface area (Å²) in [5, 5.41) is 9.97. The fraction of sp³-hybridized carbons (Fsp3) is 0.800. The fourth-order valence-electron chi connectivity index (χ4n) is 0.338. The van der Waals surface area contributed by atoms with Crippen molar-refractivity contribution in [2.75, 3.05) is 13.6 Å². The van der Waals surface area contributed by atoms with Gasteiger partial charge in [-0.3, -0.25) is 0 Å². The van der Waals surface area contributed by atoms with Crippen molar-refractivity contribution in [3.8, 4) is 0 Å². The summed E-state index contributed by atoms with van der Waals surface area (Å²) in [6.07, 6.45) is 0.862. The van der Waals surface area contributed by atoms with Gasteiger partial charge in [0.25, 0.3) is 0 Å². The highest BCUT2D eigenvalue weighted by Gasteiger charge is 1.85. The van der Waals surface area contributed by atoms with Crippen molar-refractivity contribution >= 4 is 5.71 Å². The molecule has 42 valence electrons. The van der Waals surface area contributed by atoms with Gasteiger partial charge in [0.05, 0.1) is 0 Å². The molecule has 0 aromatic carbocycles. The first-order chi connectivity index (χ1) is 3.31. The lowest BCUT2D eigenvalue weighted by Gasteiger charge is -1.94. The monoisotopic (exact) mass is 100 g/mol. The number of nitrogens with one attached hydrogen (secondary N) is 2. The zero-order chi connectivity index (χ0) is 5.70. The molecule has 0 aromatic rings. The minimum absolute atomic E-state index is 0.733. The predicted molar refractivity (Wildman–Crippen MR) is 31.9 cm³/mol. The van der Waals surface area contributed by atoms with E-state index in [9.17, 15) is 0 Å². The first kappa shape index (κ1) is 6.63. The molecule has 0 aliphatic rings. The third kappa shape index (κ3) is 3.46. The van der Waals surface area contributed by atoms with Crippen LogP contribution in [0.5, 0.6) is 0 Å². The Morgan fingerprint density at radius 1 is 1.71 bits per heavy atom. The second kappa shape index (κ2) is 3.81. The zero-order valence-electron chi connectivity index (χ0n) is 4.91. The van der Waals surface area contributed by atoms with Gasteiger partial charge in [-0.15, -0.1) is 0 Å². The number of hydrogen-bond donors (Lipinski definition) is 2. The Morgan fingerprint density at radius 2 is 2.29 bits per heavy atom. The lowest BCUT2D eigenvalue weighted by Crippen LogP contribution is -2.16. The Balaban J connectivity index is 3.00. The topological polar surface area (TPSA) is 35.9 Å². The van der Waals surface area contributed by atoms with Crippen molar-refractivity contribution in [1.82, 2.24) is 5.32 Å². The van der Waals surface area contributed by atoms with Gasteiger partial charge in [-0.1, -0.05) is 6.92 Å². The second-order valence-corrected chi connectivity index (χ2v) is 1.49. The van der Waals surface area contributed by atoms with Crippen LogP contribution >= 0.6 is 0 Å². The van der Waals surface area contributed by atoms with Crippen molar-refractivity contribution in [1.29, 1.82) is 5.41 Å². The largest absolute Gasteiger partial charge is 0.315 e. The van der Waals surface area contributed by atoms with Crippen LogP contribution in [0.4, 0.5) is 0 Å². The van der Waals surface area contributed by atoms with Crippen LogP contribution in [0.25, 0.3) is 0 Å². The van der Waals surface area contributed by atoms with E-state index in [-0.39, 0.29) is 0 Å². The summed E-state index contributed by atoms with van der Waals surface area (Å²) in [6.45, 7) is 2.72. The van der Waals surface area contributed by atoms with Crippen molar-refractivity contribution in [3.63, 3.8) is 0 Å². The highest BCUT2D eigenvalue weighted by atomic mass is 14.8. The van der Waals surface area contributed by atoms with E-state index in [2.05, 4.69) is 5.32 Å². The van der Waals surface area contributed by atoms with Crippen LogP contribution in [0.15, 0.2) is 0 Å². The molecule has 0 aliphatic heterocycles. The molecule has 2 N–H and O–H groups in total. The van der Waals surface area contributed by atoms with Gasteiger partial charge in [-0.25, -0.2) is 0 Å². The Labute approximate surface area is 44.4 Å². The molecule has 0 bridgehead atoms. The minimum Gasteiger partial charge on any atom is -0.315 e. The van der Waals surface area contributed by atoms with E-state index in [0.717, 1.165) is 18.7 Å². The lowest BCUT2D eigenvalue weighted by atomic mass is 10.3. The van der Waals surface area contributed by atoms with E-state index < -0.39 is 0 Å². The molecule has 2 nitrogen and oxygen atoms in total. The van der Waals surface area contributed by atoms with Gasteiger partial charge in [-0.05, 0) is 13.5 Å². The van der Waals surface area contributed by atoms with Crippen molar-refractivity contribution < 1.29 is 0 Å². The average Bonchev–Trinajstić information content (AvgIpc) is 1.68. The zero-order valence-corrected chi connectivity index (χ0v) is 4.91. The van der Waals surface area contributed by atoms with Gasteiger partial charge in [0.2, 0.25) is 0 Å². The van der Waals surface area contributed by atoms with Crippen molar-refractivity contribution in [3.05, 3.63) is 0 Å². The van der Waals surface area contributed by atoms with Crippen LogP contribution in [-0.4, -0.2) is 19.3 Å². The predicted octanol–water partition coefficient (Wildman–Crippen LogP) is 0.636. The molecule has 0 aliphatic carbocycles. The Kier molecular flexibility index (Phi) is 3.61. The van der Waals surface area contributed by atoms with Gasteiger partial charge in [-0.2, -0.15) is 0 Å². The van der Waals surface area contributed by atoms with Gasteiger partial charge in [0, 0.05) is 12.3 Å². The van der Waals surface area contributed by atoms with E-state index in [0.29, 0.717) is 0 Å². The maximum Gasteiger partial charge on any atom is 0.0329 e. The Bertz CT molecular complexity index is 59.1. The molecule has 0 heterocycles. The fourth-order valence-corrected chi connectivity index (χ4v) is 0.338. The molecule has 0 saturated carbocycles. The van der Waals surface area contributed by atoms with Crippen molar-refractivity contribution in [2.45, 2.75) is 13.3 Å². The van der Waals surface area contributed by atoms with Crippen LogP contribution in [0, 0.1) is 5.41 Å². The molecule has 0 rings (SSSR count). The Morgan fingerprint density at radius 3 is 2.43 bits per heavy atom. The van der Waals surface area contributed by atoms with Crippen molar-refractivity contribution in [2.24, 2.45) is 0 Å². The first-order valence-electron chi connectivity index (χ1n) is 2.52. The Hall–Kier alpha value is -0.370. The highest BCUT2D eigenvalue weighted by molar-refractivity contribution is 5.82. The maximum atomic E-state index is 7.07. The summed E-state index contributed by atoms with van der Waals surface area (Å²) >= 11 is 0. The molecule has 0 radical (unpaired) electrons. The normalized spacial score (nSPS) is 8.86. The average molecular weight is 100 g/mol. The van der Waals surface area contributed by atoms with E-state index in [4.69, 9.17) is 5.41 Å². The van der Waals surface area contributed by atoms with Crippen LogP contribution < -0.4 is 5.32 Å². The summed E-state index contributed by atoms with van der Waals surface area (Å²) < 4.78 is 0. The molecule has 0 amide bonds. The second-order valence-electron chi connectivity index (χ2n) is 1.49. The molecule has 0 spiro atoms. The summed E-state index contributed by atoms with van der Waals surface area (Å²) in [5.74, 6) is 0. The first-order valence-corrected chi connectivity index (χ1v) is 2.52. The number of hydrogen-bond acceptors (Lipinski definition) is 2. The molecular weight excluding hydrogens is 88.1 g/mol. The maximum absolute atomic E-state index is 7.07. The van der Waals surface area contributed by atoms with Crippen LogP contribution in [-0.2, 0) is 0 Å². The summed E-state index contributed by atoms with van der Waals surface area (Å²) in [4.78, 5) is 0. The van der Waals surface area contributed by atoms with Gasteiger partial charge < -0.3 is 10.7 Å². The summed E-state index contributed by atoms with van der Waals surface area (Å²) in [5.41, 5.74) is 0.766. The summed E-state index contributed by atoms with van der Waals surface area (Å²) in [6, 6.07) is 0. The van der Waals surface area contributed by atoms with E-state index in [1.165, 1.54) is 0 Å². The molecule has 0 saturated heterocycles. The number of rotatable bonds is 3. The van der Waals surface area contributed by atoms with Crippen LogP contribution in [0.2, 0.25) is 0 Å².